The lowest BCUT2D eigenvalue weighted by atomic mass is 10.00. The fourth-order valence-electron chi connectivity index (χ4n) is 3.01. The van der Waals surface area contributed by atoms with Crippen molar-refractivity contribution in [3.8, 4) is 0 Å². The number of amides is 3. The molecule has 0 aromatic heterocycles. The maximum Gasteiger partial charge on any atom is 0.292 e. The first-order valence-corrected chi connectivity index (χ1v) is 8.07. The molecular formula is C15H15N5O5S. The van der Waals surface area contributed by atoms with Gasteiger partial charge in [0.05, 0.1) is 11.3 Å². The minimum absolute atomic E-state index is 0.00948. The number of thiocarbonyl (C=S) groups is 1. The smallest absolute Gasteiger partial charge is 0.292 e. The highest BCUT2D eigenvalue weighted by molar-refractivity contribution is 7.80. The van der Waals surface area contributed by atoms with E-state index in [-0.39, 0.29) is 22.9 Å². The van der Waals surface area contributed by atoms with Gasteiger partial charge in [0.2, 0.25) is 17.7 Å². The third-order valence-electron chi connectivity index (χ3n) is 4.32. The number of benzene rings is 1. The highest BCUT2D eigenvalue weighted by Crippen LogP contribution is 2.33. The van der Waals surface area contributed by atoms with Crippen LogP contribution in [0, 0.1) is 10.1 Å². The van der Waals surface area contributed by atoms with Crippen LogP contribution in [0.2, 0.25) is 0 Å². The van der Waals surface area contributed by atoms with Crippen molar-refractivity contribution in [1.82, 2.24) is 15.3 Å². The third-order valence-corrected chi connectivity index (χ3v) is 4.59. The SMILES string of the molecule is CC1(C)C(=O)NC(=S)N2C(=O)C[C@@H](C(=O)Nc3ccccc3[N+](=O)[O-])N21. The molecule has 0 unspecified atom stereocenters. The molecule has 2 aliphatic heterocycles. The Kier molecular flexibility index (Phi) is 4.20. The zero-order valence-electron chi connectivity index (χ0n) is 13.9. The van der Waals surface area contributed by atoms with Gasteiger partial charge in [0, 0.05) is 6.07 Å². The molecule has 0 radical (unpaired) electrons. The molecule has 3 rings (SSSR count). The molecule has 26 heavy (non-hydrogen) atoms. The van der Waals surface area contributed by atoms with E-state index in [1.165, 1.54) is 23.2 Å². The largest absolute Gasteiger partial charge is 0.319 e. The number of nitrogens with one attached hydrogen (secondary N) is 2. The molecule has 0 saturated carbocycles. The molecule has 0 spiro atoms. The van der Waals surface area contributed by atoms with E-state index in [1.807, 2.05) is 0 Å². The molecule has 2 heterocycles. The van der Waals surface area contributed by atoms with Gasteiger partial charge in [0.1, 0.15) is 17.3 Å². The van der Waals surface area contributed by atoms with E-state index in [9.17, 15) is 24.5 Å². The number of hydrazine groups is 1. The summed E-state index contributed by atoms with van der Waals surface area (Å²) >= 11 is 5.03. The number of nitro groups is 1. The Bertz CT molecular complexity index is 855. The van der Waals surface area contributed by atoms with Crippen LogP contribution >= 0.6 is 12.2 Å². The average molecular weight is 377 g/mol. The van der Waals surface area contributed by atoms with E-state index < -0.39 is 34.2 Å². The molecule has 0 aliphatic carbocycles. The van der Waals surface area contributed by atoms with E-state index in [4.69, 9.17) is 12.2 Å². The summed E-state index contributed by atoms with van der Waals surface area (Å²) in [5.74, 6) is -1.52. The van der Waals surface area contributed by atoms with E-state index >= 15 is 0 Å². The van der Waals surface area contributed by atoms with Crippen molar-refractivity contribution in [1.29, 1.82) is 0 Å². The third kappa shape index (κ3) is 2.70. The summed E-state index contributed by atoms with van der Waals surface area (Å²) in [4.78, 5) is 47.8. The van der Waals surface area contributed by atoms with Crippen LogP contribution in [0.15, 0.2) is 24.3 Å². The van der Waals surface area contributed by atoms with Gasteiger partial charge in [-0.05, 0) is 32.1 Å². The summed E-state index contributed by atoms with van der Waals surface area (Å²) < 4.78 is 0. The summed E-state index contributed by atoms with van der Waals surface area (Å²) in [6.07, 6.45) is -0.203. The lowest BCUT2D eigenvalue weighted by molar-refractivity contribution is -0.383. The van der Waals surface area contributed by atoms with Gasteiger partial charge >= 0.3 is 0 Å². The lowest BCUT2D eigenvalue weighted by Crippen LogP contribution is -2.71. The molecule has 2 aliphatic rings. The van der Waals surface area contributed by atoms with Crippen LogP contribution in [0.5, 0.6) is 0 Å². The van der Waals surface area contributed by atoms with Gasteiger partial charge < -0.3 is 5.32 Å². The molecule has 2 fully saturated rings. The van der Waals surface area contributed by atoms with Gasteiger partial charge in [-0.15, -0.1) is 0 Å². The monoisotopic (exact) mass is 377 g/mol. The van der Waals surface area contributed by atoms with E-state index in [2.05, 4.69) is 10.6 Å². The highest BCUT2D eigenvalue weighted by atomic mass is 32.1. The highest BCUT2D eigenvalue weighted by Gasteiger charge is 2.56. The predicted molar refractivity (Wildman–Crippen MR) is 93.6 cm³/mol. The van der Waals surface area contributed by atoms with Gasteiger partial charge in [-0.2, -0.15) is 5.01 Å². The molecule has 3 amide bonds. The number of anilines is 1. The second-order valence-corrected chi connectivity index (χ2v) is 6.74. The molecule has 1 aromatic carbocycles. The minimum atomic E-state index is -1.21. The molecular weight excluding hydrogens is 362 g/mol. The van der Waals surface area contributed by atoms with Crippen LogP contribution in [0.1, 0.15) is 20.3 Å². The van der Waals surface area contributed by atoms with Crippen LogP contribution < -0.4 is 10.6 Å². The molecule has 10 nitrogen and oxygen atoms in total. The van der Waals surface area contributed by atoms with Crippen molar-refractivity contribution in [3.05, 3.63) is 34.4 Å². The van der Waals surface area contributed by atoms with Crippen molar-refractivity contribution in [3.63, 3.8) is 0 Å². The number of hydrogen-bond acceptors (Lipinski definition) is 7. The number of para-hydroxylation sites is 2. The Morgan fingerprint density at radius 3 is 2.69 bits per heavy atom. The van der Waals surface area contributed by atoms with Crippen molar-refractivity contribution < 1.29 is 19.3 Å². The van der Waals surface area contributed by atoms with Gasteiger partial charge in [-0.25, -0.2) is 5.01 Å². The van der Waals surface area contributed by atoms with E-state index in [1.54, 1.807) is 19.9 Å². The predicted octanol–water partition coefficient (Wildman–Crippen LogP) is 0.544. The summed E-state index contributed by atoms with van der Waals surface area (Å²) in [6.45, 7) is 3.11. The Labute approximate surface area is 153 Å². The molecule has 2 N–H and O–H groups in total. The molecule has 2 saturated heterocycles. The zero-order chi connectivity index (χ0) is 19.2. The van der Waals surface area contributed by atoms with E-state index in [0.29, 0.717) is 0 Å². The van der Waals surface area contributed by atoms with Crippen molar-refractivity contribution in [2.24, 2.45) is 0 Å². The minimum Gasteiger partial charge on any atom is -0.319 e. The van der Waals surface area contributed by atoms with E-state index in [0.717, 1.165) is 5.01 Å². The van der Waals surface area contributed by atoms with Crippen LogP contribution in [-0.4, -0.2) is 49.4 Å². The van der Waals surface area contributed by atoms with Gasteiger partial charge in [0.15, 0.2) is 5.11 Å². The van der Waals surface area contributed by atoms with Crippen LogP contribution in [0.4, 0.5) is 11.4 Å². The summed E-state index contributed by atoms with van der Waals surface area (Å²) in [5.41, 5.74) is -1.47. The Balaban J connectivity index is 1.93. The maximum absolute atomic E-state index is 12.8. The summed E-state index contributed by atoms with van der Waals surface area (Å²) in [6, 6.07) is 4.65. The molecule has 136 valence electrons. The van der Waals surface area contributed by atoms with Gasteiger partial charge in [0.25, 0.3) is 5.69 Å². The number of nitrogens with zero attached hydrogens (tertiary/aromatic N) is 3. The zero-order valence-corrected chi connectivity index (χ0v) is 14.7. The fraction of sp³-hybridized carbons (Fsp3) is 0.333. The van der Waals surface area contributed by atoms with Crippen LogP contribution in [0.25, 0.3) is 0 Å². The first-order chi connectivity index (χ1) is 12.1. The van der Waals surface area contributed by atoms with Crippen LogP contribution in [0.3, 0.4) is 0 Å². The summed E-state index contributed by atoms with van der Waals surface area (Å²) in [7, 11) is 0. The van der Waals surface area contributed by atoms with Crippen molar-refractivity contribution in [2.45, 2.75) is 31.8 Å². The first-order valence-electron chi connectivity index (χ1n) is 7.66. The molecule has 11 heteroatoms. The number of rotatable bonds is 3. The lowest BCUT2D eigenvalue weighted by Gasteiger charge is -2.45. The second-order valence-electron chi connectivity index (χ2n) is 6.35. The topological polar surface area (TPSA) is 125 Å². The maximum atomic E-state index is 12.8. The Hall–Kier alpha value is -2.92. The summed E-state index contributed by atoms with van der Waals surface area (Å²) in [5, 5.41) is 18.3. The van der Waals surface area contributed by atoms with Crippen molar-refractivity contribution in [2.75, 3.05) is 5.32 Å². The number of carbonyl (C=O) groups is 3. The standard InChI is InChI=1S/C15H15N5O5S/c1-15(2)13(23)17-14(26)18-11(21)7-10(19(15)18)12(22)16-8-5-3-4-6-9(8)20(24)25/h3-6,10H,7H2,1-2H3,(H,16,22)(H,17,23,26)/t10-/m0/s1. The Morgan fingerprint density at radius 1 is 1.38 bits per heavy atom. The number of hydrogen-bond donors (Lipinski definition) is 2. The quantitative estimate of drug-likeness (QED) is 0.447. The second kappa shape index (κ2) is 6.11. The Morgan fingerprint density at radius 2 is 2.04 bits per heavy atom. The average Bonchev–Trinajstić information content (AvgIpc) is 2.92. The fourth-order valence-corrected chi connectivity index (χ4v) is 3.30. The normalized spacial score (nSPS) is 22.0. The first kappa shape index (κ1) is 17.9. The molecule has 1 atom stereocenters. The number of nitro benzene ring substituents is 1. The molecule has 0 bridgehead atoms. The number of carbonyl (C=O) groups excluding carboxylic acids is 3. The van der Waals surface area contributed by atoms with Crippen LogP contribution in [-0.2, 0) is 14.4 Å². The van der Waals surface area contributed by atoms with Gasteiger partial charge in [-0.3, -0.25) is 29.8 Å². The number of fused-ring (bicyclic) bond motifs is 1. The molecule has 1 aromatic rings. The van der Waals surface area contributed by atoms with Crippen molar-refractivity contribution >= 4 is 46.4 Å². The van der Waals surface area contributed by atoms with Gasteiger partial charge in [-0.1, -0.05) is 12.1 Å².